The van der Waals surface area contributed by atoms with Gasteiger partial charge in [0.25, 0.3) is 0 Å². The summed E-state index contributed by atoms with van der Waals surface area (Å²) in [6.45, 7) is 7.59. The highest BCUT2D eigenvalue weighted by atomic mass is 16.5. The summed E-state index contributed by atoms with van der Waals surface area (Å²) < 4.78 is 5.23. The number of esters is 1. The largest absolute Gasteiger partial charge is 0.462 e. The Balaban J connectivity index is 4.18. The van der Waals surface area contributed by atoms with Crippen molar-refractivity contribution < 1.29 is 14.6 Å². The third-order valence-corrected chi connectivity index (χ3v) is 2.59. The number of ether oxygens (including phenoxy) is 1. The Kier molecular flexibility index (Phi) is 6.54. The lowest BCUT2D eigenvalue weighted by molar-refractivity contribution is -0.153. The Morgan fingerprint density at radius 1 is 1.29 bits per heavy atom. The molecule has 3 atom stereocenters. The van der Waals surface area contributed by atoms with E-state index in [1.807, 2.05) is 20.8 Å². The smallest absolute Gasteiger partial charge is 0.305 e. The van der Waals surface area contributed by atoms with Crippen LogP contribution in [0.2, 0.25) is 0 Å². The minimum absolute atomic E-state index is 0.0144. The van der Waals surface area contributed by atoms with Crippen LogP contribution in [-0.2, 0) is 9.53 Å². The Hall–Kier alpha value is -0.570. The van der Waals surface area contributed by atoms with Crippen molar-refractivity contribution in [3.8, 4) is 0 Å². The summed E-state index contributed by atoms with van der Waals surface area (Å²) in [6.07, 6.45) is 1.30. The minimum atomic E-state index is -0.385. The molecule has 0 fully saturated rings. The molecule has 0 aliphatic heterocycles. The van der Waals surface area contributed by atoms with Crippen molar-refractivity contribution in [1.29, 1.82) is 0 Å². The van der Waals surface area contributed by atoms with Gasteiger partial charge in [0.15, 0.2) is 0 Å². The van der Waals surface area contributed by atoms with Crippen LogP contribution in [0.3, 0.4) is 0 Å². The summed E-state index contributed by atoms with van der Waals surface area (Å²) in [5.41, 5.74) is 0. The first-order valence-electron chi connectivity index (χ1n) is 5.44. The third-order valence-electron chi connectivity index (χ3n) is 2.59. The summed E-state index contributed by atoms with van der Waals surface area (Å²) in [6, 6.07) is 0. The lowest BCUT2D eigenvalue weighted by Gasteiger charge is -2.26. The van der Waals surface area contributed by atoms with Crippen LogP contribution in [-0.4, -0.2) is 23.3 Å². The molecule has 0 aromatic rings. The second kappa shape index (κ2) is 6.82. The Bertz CT molecular complexity index is 168. The first-order chi connectivity index (χ1) is 6.56. The van der Waals surface area contributed by atoms with Crippen LogP contribution < -0.4 is 0 Å². The van der Waals surface area contributed by atoms with Crippen molar-refractivity contribution in [2.75, 3.05) is 0 Å². The maximum atomic E-state index is 11.1. The molecule has 0 rings (SSSR count). The first kappa shape index (κ1) is 13.4. The fraction of sp³-hybridized carbons (Fsp3) is 0.909. The van der Waals surface area contributed by atoms with E-state index in [4.69, 9.17) is 4.74 Å². The lowest BCUT2D eigenvalue weighted by atomic mass is 9.94. The van der Waals surface area contributed by atoms with Crippen LogP contribution in [0.15, 0.2) is 0 Å². The molecule has 1 N–H and O–H groups in total. The molecule has 84 valence electrons. The molecule has 0 spiro atoms. The fourth-order valence-electron chi connectivity index (χ4n) is 1.43. The van der Waals surface area contributed by atoms with Crippen molar-refractivity contribution in [2.45, 2.75) is 59.2 Å². The van der Waals surface area contributed by atoms with E-state index in [-0.39, 0.29) is 24.1 Å². The van der Waals surface area contributed by atoms with Crippen LogP contribution in [0.25, 0.3) is 0 Å². The summed E-state index contributed by atoms with van der Waals surface area (Å²) in [7, 11) is 0. The van der Waals surface area contributed by atoms with Gasteiger partial charge in [-0.05, 0) is 12.8 Å². The SMILES string of the molecule is CCC(=O)O[C@H](CC)[C@@H](C)[C@H](O)CC. The van der Waals surface area contributed by atoms with Gasteiger partial charge in [-0.1, -0.05) is 27.7 Å². The topological polar surface area (TPSA) is 46.5 Å². The first-order valence-corrected chi connectivity index (χ1v) is 5.44. The van der Waals surface area contributed by atoms with Crippen LogP contribution in [0.1, 0.15) is 47.0 Å². The normalized spacial score (nSPS) is 17.2. The summed E-state index contributed by atoms with van der Waals surface area (Å²) >= 11 is 0. The zero-order chi connectivity index (χ0) is 11.1. The molecule has 0 unspecified atom stereocenters. The number of hydrogen-bond acceptors (Lipinski definition) is 3. The summed E-state index contributed by atoms with van der Waals surface area (Å²) in [5, 5.41) is 9.62. The van der Waals surface area contributed by atoms with Crippen molar-refractivity contribution in [1.82, 2.24) is 0 Å². The Morgan fingerprint density at radius 2 is 1.86 bits per heavy atom. The summed E-state index contributed by atoms with van der Waals surface area (Å²) in [5.74, 6) is -0.174. The van der Waals surface area contributed by atoms with E-state index >= 15 is 0 Å². The third kappa shape index (κ3) is 4.09. The van der Waals surface area contributed by atoms with Gasteiger partial charge in [-0.3, -0.25) is 4.79 Å². The molecule has 0 aliphatic carbocycles. The summed E-state index contributed by atoms with van der Waals surface area (Å²) in [4.78, 5) is 11.1. The van der Waals surface area contributed by atoms with Crippen molar-refractivity contribution in [3.05, 3.63) is 0 Å². The molecule has 0 aromatic carbocycles. The number of hydrogen-bond donors (Lipinski definition) is 1. The molecule has 0 heterocycles. The van der Waals surface area contributed by atoms with E-state index in [9.17, 15) is 9.90 Å². The quantitative estimate of drug-likeness (QED) is 0.671. The van der Waals surface area contributed by atoms with Gasteiger partial charge >= 0.3 is 5.97 Å². The highest BCUT2D eigenvalue weighted by Gasteiger charge is 2.24. The maximum absolute atomic E-state index is 11.1. The van der Waals surface area contributed by atoms with Crippen LogP contribution in [0.4, 0.5) is 0 Å². The van der Waals surface area contributed by atoms with Gasteiger partial charge in [0.1, 0.15) is 6.10 Å². The molecule has 0 aliphatic rings. The van der Waals surface area contributed by atoms with Gasteiger partial charge in [0.05, 0.1) is 6.10 Å². The van der Waals surface area contributed by atoms with Gasteiger partial charge < -0.3 is 9.84 Å². The average molecular weight is 202 g/mol. The fourth-order valence-corrected chi connectivity index (χ4v) is 1.43. The lowest BCUT2D eigenvalue weighted by Crippen LogP contribution is -2.32. The molecule has 0 saturated heterocycles. The Morgan fingerprint density at radius 3 is 2.21 bits per heavy atom. The maximum Gasteiger partial charge on any atom is 0.305 e. The molecule has 0 aromatic heterocycles. The van der Waals surface area contributed by atoms with Crippen molar-refractivity contribution in [3.63, 3.8) is 0 Å². The van der Waals surface area contributed by atoms with E-state index in [0.717, 1.165) is 6.42 Å². The van der Waals surface area contributed by atoms with Crippen molar-refractivity contribution in [2.24, 2.45) is 5.92 Å². The van der Waals surface area contributed by atoms with Gasteiger partial charge in [-0.2, -0.15) is 0 Å². The zero-order valence-corrected chi connectivity index (χ0v) is 9.62. The van der Waals surface area contributed by atoms with E-state index in [1.165, 1.54) is 0 Å². The van der Waals surface area contributed by atoms with E-state index in [1.54, 1.807) is 6.92 Å². The highest BCUT2D eigenvalue weighted by Crippen LogP contribution is 2.18. The standard InChI is InChI=1S/C11H22O3/c1-5-9(12)8(4)10(6-2)14-11(13)7-3/h8-10,12H,5-7H2,1-4H3/t8-,9+,10+/m0/s1. The average Bonchev–Trinajstić information content (AvgIpc) is 2.23. The van der Waals surface area contributed by atoms with Gasteiger partial charge in [-0.25, -0.2) is 0 Å². The highest BCUT2D eigenvalue weighted by molar-refractivity contribution is 5.69. The molecule has 3 heteroatoms. The predicted octanol–water partition coefficient (Wildman–Crippen LogP) is 2.13. The van der Waals surface area contributed by atoms with Gasteiger partial charge in [-0.15, -0.1) is 0 Å². The molecule has 3 nitrogen and oxygen atoms in total. The van der Waals surface area contributed by atoms with Crippen LogP contribution in [0.5, 0.6) is 0 Å². The molecular weight excluding hydrogens is 180 g/mol. The minimum Gasteiger partial charge on any atom is -0.462 e. The monoisotopic (exact) mass is 202 g/mol. The number of carbonyl (C=O) groups is 1. The van der Waals surface area contributed by atoms with Gasteiger partial charge in [0.2, 0.25) is 0 Å². The Labute approximate surface area is 86.5 Å². The van der Waals surface area contributed by atoms with Crippen LogP contribution in [0, 0.1) is 5.92 Å². The molecule has 0 bridgehead atoms. The van der Waals surface area contributed by atoms with Gasteiger partial charge in [0, 0.05) is 12.3 Å². The molecule has 0 saturated carbocycles. The predicted molar refractivity (Wildman–Crippen MR) is 55.9 cm³/mol. The number of aliphatic hydroxyl groups excluding tert-OH is 1. The van der Waals surface area contributed by atoms with E-state index in [0.29, 0.717) is 12.8 Å². The second-order valence-electron chi connectivity index (χ2n) is 3.62. The second-order valence-corrected chi connectivity index (χ2v) is 3.62. The van der Waals surface area contributed by atoms with E-state index in [2.05, 4.69) is 0 Å². The number of aliphatic hydroxyl groups is 1. The zero-order valence-electron chi connectivity index (χ0n) is 9.62. The molecule has 14 heavy (non-hydrogen) atoms. The van der Waals surface area contributed by atoms with Crippen molar-refractivity contribution >= 4 is 5.97 Å². The van der Waals surface area contributed by atoms with Crippen LogP contribution >= 0.6 is 0 Å². The number of carbonyl (C=O) groups excluding carboxylic acids is 1. The van der Waals surface area contributed by atoms with E-state index < -0.39 is 0 Å². The molecule has 0 amide bonds. The molecule has 0 radical (unpaired) electrons. The molecular formula is C11H22O3. The number of rotatable bonds is 6.